The summed E-state index contributed by atoms with van der Waals surface area (Å²) in [6.07, 6.45) is -0.801. The van der Waals surface area contributed by atoms with E-state index in [0.717, 1.165) is 18.8 Å². The van der Waals surface area contributed by atoms with Crippen LogP contribution in [0.4, 0.5) is 0 Å². The highest BCUT2D eigenvalue weighted by Gasteiger charge is 2.21. The molecule has 1 fully saturated rings. The lowest BCUT2D eigenvalue weighted by molar-refractivity contribution is -0.220. The van der Waals surface area contributed by atoms with Crippen molar-refractivity contribution in [1.29, 1.82) is 0 Å². The number of hydrogen-bond acceptors (Lipinski definition) is 4. The van der Waals surface area contributed by atoms with E-state index in [1.54, 1.807) is 0 Å². The van der Waals surface area contributed by atoms with Crippen molar-refractivity contribution >= 4 is 0 Å². The van der Waals surface area contributed by atoms with Crippen molar-refractivity contribution < 1.29 is 19.3 Å². The van der Waals surface area contributed by atoms with Crippen molar-refractivity contribution in [3.05, 3.63) is 35.9 Å². The van der Waals surface area contributed by atoms with Crippen LogP contribution in [0, 0.1) is 0 Å². The monoisotopic (exact) mass is 254 g/mol. The van der Waals surface area contributed by atoms with Gasteiger partial charge in [0.05, 0.1) is 13.2 Å². The maximum atomic E-state index is 9.12. The average molecular weight is 254 g/mol. The first-order valence-electron chi connectivity index (χ1n) is 6.31. The fraction of sp³-hybridized carbons (Fsp3) is 0.571. The van der Waals surface area contributed by atoms with Crippen LogP contribution in [0.5, 0.6) is 0 Å². The normalized spacial score (nSPS) is 23.1. The van der Waals surface area contributed by atoms with Gasteiger partial charge in [0.2, 0.25) is 0 Å². The van der Waals surface area contributed by atoms with E-state index >= 15 is 0 Å². The highest BCUT2D eigenvalue weighted by Crippen LogP contribution is 2.22. The summed E-state index contributed by atoms with van der Waals surface area (Å²) < 4.78 is 15.4. The van der Waals surface area contributed by atoms with Gasteiger partial charge in [-0.1, -0.05) is 30.3 Å². The predicted octanol–water partition coefficient (Wildman–Crippen LogP) is 2.14. The summed E-state index contributed by atoms with van der Waals surface area (Å²) in [4.78, 5) is 0. The smallest absolute Gasteiger partial charge is 0.184 e. The molecule has 0 atom stereocenters. The predicted molar refractivity (Wildman–Crippen MR) is 69.3 cm³/mol. The Labute approximate surface area is 108 Å². The summed E-state index contributed by atoms with van der Waals surface area (Å²) >= 11 is 0. The zero-order valence-electron chi connectivity index (χ0n) is 11.0. The van der Waals surface area contributed by atoms with Gasteiger partial charge in [0.15, 0.2) is 6.29 Å². The van der Waals surface area contributed by atoms with Crippen molar-refractivity contribution in [3.63, 3.8) is 0 Å². The van der Waals surface area contributed by atoms with Gasteiger partial charge in [0, 0.05) is 18.8 Å². The third kappa shape index (κ3) is 5.60. The Morgan fingerprint density at radius 3 is 2.11 bits per heavy atom. The number of rotatable bonds is 3. The van der Waals surface area contributed by atoms with Crippen molar-refractivity contribution in [2.24, 2.45) is 0 Å². The zero-order chi connectivity index (χ0) is 13.2. The van der Waals surface area contributed by atoms with Crippen LogP contribution in [0.2, 0.25) is 0 Å². The van der Waals surface area contributed by atoms with Gasteiger partial charge in [-0.3, -0.25) is 0 Å². The Balaban J connectivity index is 0.000000280. The number of aliphatic hydroxyl groups is 1. The molecule has 1 saturated heterocycles. The molecule has 102 valence electrons. The van der Waals surface area contributed by atoms with Gasteiger partial charge in [0.25, 0.3) is 0 Å². The van der Waals surface area contributed by atoms with Crippen LogP contribution >= 0.6 is 0 Å². The second-order valence-electron chi connectivity index (χ2n) is 3.84. The Kier molecular flexibility index (Phi) is 7.60. The van der Waals surface area contributed by atoms with Crippen molar-refractivity contribution in [2.75, 3.05) is 26.4 Å². The molecular formula is C14H22O4. The van der Waals surface area contributed by atoms with Gasteiger partial charge in [-0.15, -0.1) is 0 Å². The van der Waals surface area contributed by atoms with E-state index in [1.807, 2.05) is 44.2 Å². The van der Waals surface area contributed by atoms with E-state index in [4.69, 9.17) is 19.3 Å². The van der Waals surface area contributed by atoms with E-state index < -0.39 is 6.10 Å². The number of ether oxygens (including phenoxy) is 3. The van der Waals surface area contributed by atoms with Gasteiger partial charge < -0.3 is 19.3 Å². The maximum Gasteiger partial charge on any atom is 0.184 e. The topological polar surface area (TPSA) is 47.9 Å². The number of aliphatic hydroxyl groups excluding tert-OH is 1. The molecule has 1 heterocycles. The van der Waals surface area contributed by atoms with Crippen LogP contribution in [0.3, 0.4) is 0 Å². The summed E-state index contributed by atoms with van der Waals surface area (Å²) in [5.74, 6) is 0. The Morgan fingerprint density at radius 2 is 1.67 bits per heavy atom. The fourth-order valence-corrected chi connectivity index (χ4v) is 1.50. The first-order valence-corrected chi connectivity index (χ1v) is 6.31. The minimum atomic E-state index is -0.486. The van der Waals surface area contributed by atoms with Gasteiger partial charge in [-0.2, -0.15) is 0 Å². The van der Waals surface area contributed by atoms with Gasteiger partial charge >= 0.3 is 0 Å². The molecule has 0 unspecified atom stereocenters. The molecule has 0 bridgehead atoms. The summed E-state index contributed by atoms with van der Waals surface area (Å²) in [5, 5.41) is 9.12. The van der Waals surface area contributed by atoms with Gasteiger partial charge in [0.1, 0.15) is 6.10 Å². The van der Waals surface area contributed by atoms with E-state index in [9.17, 15) is 0 Å². The average Bonchev–Trinajstić information content (AvgIpc) is 2.42. The van der Waals surface area contributed by atoms with Gasteiger partial charge in [-0.05, 0) is 13.8 Å². The summed E-state index contributed by atoms with van der Waals surface area (Å²) in [6.45, 7) is 6.36. The van der Waals surface area contributed by atoms with Crippen molar-refractivity contribution in [2.45, 2.75) is 26.2 Å². The van der Waals surface area contributed by atoms with Crippen LogP contribution in [0.15, 0.2) is 30.3 Å². The van der Waals surface area contributed by atoms with Crippen LogP contribution in [0.25, 0.3) is 0 Å². The van der Waals surface area contributed by atoms with E-state index in [2.05, 4.69) is 0 Å². The Hall–Kier alpha value is -0.940. The first-order chi connectivity index (χ1) is 8.77. The summed E-state index contributed by atoms with van der Waals surface area (Å²) in [5.41, 5.74) is 0.995. The SMILES string of the molecule is CCOCC.OC1COC(c2ccccc2)OC1. The molecular weight excluding hydrogens is 232 g/mol. The lowest BCUT2D eigenvalue weighted by Gasteiger charge is -2.26. The Morgan fingerprint density at radius 1 is 1.11 bits per heavy atom. The lowest BCUT2D eigenvalue weighted by Crippen LogP contribution is -2.30. The molecule has 18 heavy (non-hydrogen) atoms. The molecule has 1 N–H and O–H groups in total. The molecule has 0 aromatic heterocycles. The van der Waals surface area contributed by atoms with Crippen LogP contribution in [0.1, 0.15) is 25.7 Å². The molecule has 0 spiro atoms. The van der Waals surface area contributed by atoms with Gasteiger partial charge in [-0.25, -0.2) is 0 Å². The molecule has 1 aliphatic heterocycles. The second-order valence-corrected chi connectivity index (χ2v) is 3.84. The lowest BCUT2D eigenvalue weighted by atomic mass is 10.2. The maximum absolute atomic E-state index is 9.12. The molecule has 2 rings (SSSR count). The molecule has 0 amide bonds. The number of benzene rings is 1. The molecule has 1 aliphatic rings. The standard InChI is InChI=1S/C10H12O3.C4H10O/c11-9-6-12-10(13-7-9)8-4-2-1-3-5-8;1-3-5-4-2/h1-5,9-11H,6-7H2;3-4H2,1-2H3. The van der Waals surface area contributed by atoms with Crippen molar-refractivity contribution in [1.82, 2.24) is 0 Å². The van der Waals surface area contributed by atoms with E-state index in [1.165, 1.54) is 0 Å². The molecule has 1 aromatic rings. The minimum absolute atomic E-state index is 0.315. The first kappa shape index (κ1) is 15.1. The number of hydrogen-bond donors (Lipinski definition) is 1. The fourth-order valence-electron chi connectivity index (χ4n) is 1.50. The van der Waals surface area contributed by atoms with Crippen LogP contribution in [-0.4, -0.2) is 37.6 Å². The van der Waals surface area contributed by atoms with E-state index in [0.29, 0.717) is 13.2 Å². The molecule has 1 aromatic carbocycles. The van der Waals surface area contributed by atoms with E-state index in [-0.39, 0.29) is 6.29 Å². The molecule has 4 heteroatoms. The van der Waals surface area contributed by atoms with Crippen LogP contribution < -0.4 is 0 Å². The highest BCUT2D eigenvalue weighted by atomic mass is 16.7. The molecule has 0 saturated carbocycles. The zero-order valence-corrected chi connectivity index (χ0v) is 11.0. The van der Waals surface area contributed by atoms with Crippen LogP contribution in [-0.2, 0) is 14.2 Å². The highest BCUT2D eigenvalue weighted by molar-refractivity contribution is 5.16. The largest absolute Gasteiger partial charge is 0.388 e. The quantitative estimate of drug-likeness (QED) is 0.897. The second kappa shape index (κ2) is 9.05. The van der Waals surface area contributed by atoms with Crippen molar-refractivity contribution in [3.8, 4) is 0 Å². The summed E-state index contributed by atoms with van der Waals surface area (Å²) in [7, 11) is 0. The third-order valence-electron chi connectivity index (χ3n) is 2.36. The third-order valence-corrected chi connectivity index (χ3v) is 2.36. The summed E-state index contributed by atoms with van der Waals surface area (Å²) in [6, 6.07) is 9.71. The molecule has 4 nitrogen and oxygen atoms in total. The molecule has 0 radical (unpaired) electrons. The minimum Gasteiger partial charge on any atom is -0.388 e. The molecule has 0 aliphatic carbocycles. The Bertz CT molecular complexity index is 292.